The predicted molar refractivity (Wildman–Crippen MR) is 45.8 cm³/mol. The van der Waals surface area contributed by atoms with Crippen molar-refractivity contribution in [2.45, 2.75) is 12.6 Å². The van der Waals surface area contributed by atoms with E-state index in [2.05, 4.69) is 22.4 Å². The maximum Gasteiger partial charge on any atom is 0.487 e. The molecule has 1 heterocycles. The second kappa shape index (κ2) is 5.33. The van der Waals surface area contributed by atoms with Gasteiger partial charge in [0.1, 0.15) is 13.0 Å². The smallest absolute Gasteiger partial charge is 0.423 e. The molecule has 1 unspecified atom stereocenters. The van der Waals surface area contributed by atoms with E-state index in [-0.39, 0.29) is 13.0 Å². The van der Waals surface area contributed by atoms with E-state index >= 15 is 0 Å². The molecular formula is C6H13BN2O4. The van der Waals surface area contributed by atoms with Gasteiger partial charge in [0.15, 0.2) is 0 Å². The van der Waals surface area contributed by atoms with Crippen LogP contribution in [0, 0.1) is 0 Å². The second-order valence-corrected chi connectivity index (χ2v) is 2.59. The molecule has 1 aliphatic rings. The van der Waals surface area contributed by atoms with Crippen LogP contribution >= 0.6 is 0 Å². The summed E-state index contributed by atoms with van der Waals surface area (Å²) in [7, 11) is 0.595. The highest BCUT2D eigenvalue weighted by Crippen LogP contribution is 2.17. The summed E-state index contributed by atoms with van der Waals surface area (Å²) in [6, 6.07) is 0. The number of hydrogen-bond donors (Lipinski definition) is 3. The third kappa shape index (κ3) is 3.43. The van der Waals surface area contributed by atoms with Crippen LogP contribution in [-0.4, -0.2) is 32.2 Å². The van der Waals surface area contributed by atoms with Crippen LogP contribution in [0.4, 0.5) is 0 Å². The van der Waals surface area contributed by atoms with E-state index in [1.165, 1.54) is 7.11 Å². The minimum Gasteiger partial charge on any atom is -0.423 e. The number of hydroxylamine groups is 2. The molecule has 0 bridgehead atoms. The van der Waals surface area contributed by atoms with Crippen molar-refractivity contribution in [3.63, 3.8) is 0 Å². The van der Waals surface area contributed by atoms with Crippen molar-refractivity contribution in [3.05, 3.63) is 12.1 Å². The molecule has 13 heavy (non-hydrogen) atoms. The topological polar surface area (TPSA) is 72.0 Å². The zero-order valence-corrected chi connectivity index (χ0v) is 7.45. The molecule has 0 radical (unpaired) electrons. The molecule has 1 atom stereocenters. The number of nitrogens with one attached hydrogen (secondary N) is 2. The molecule has 0 amide bonds. The summed E-state index contributed by atoms with van der Waals surface area (Å²) >= 11 is 0. The van der Waals surface area contributed by atoms with Gasteiger partial charge < -0.3 is 14.5 Å². The van der Waals surface area contributed by atoms with Gasteiger partial charge in [-0.3, -0.25) is 4.84 Å². The molecule has 1 rings (SSSR count). The first-order chi connectivity index (χ1) is 6.24. The van der Waals surface area contributed by atoms with E-state index in [1.54, 1.807) is 0 Å². The Morgan fingerprint density at radius 3 is 3.15 bits per heavy atom. The molecule has 6 nitrogen and oxygen atoms in total. The predicted octanol–water partition coefficient (Wildman–Crippen LogP) is -1.06. The van der Waals surface area contributed by atoms with Crippen molar-refractivity contribution >= 4 is 7.12 Å². The molecule has 74 valence electrons. The SMILES string of the molecule is C=C1CC(NOCNOC)OB1O. The fraction of sp³-hybridized carbons (Fsp3) is 0.667. The van der Waals surface area contributed by atoms with Crippen molar-refractivity contribution in [1.82, 2.24) is 11.0 Å². The highest BCUT2D eigenvalue weighted by Gasteiger charge is 2.32. The first kappa shape index (κ1) is 10.6. The minimum atomic E-state index is -0.892. The second-order valence-electron chi connectivity index (χ2n) is 2.59. The molecule has 0 aromatic heterocycles. The lowest BCUT2D eigenvalue weighted by Gasteiger charge is -2.11. The van der Waals surface area contributed by atoms with Gasteiger partial charge in [-0.15, -0.1) is 6.58 Å². The van der Waals surface area contributed by atoms with Crippen molar-refractivity contribution in [2.24, 2.45) is 0 Å². The summed E-state index contributed by atoms with van der Waals surface area (Å²) < 4.78 is 5.01. The number of hydrogen-bond acceptors (Lipinski definition) is 6. The molecule has 1 fully saturated rings. The van der Waals surface area contributed by atoms with E-state index in [1.807, 2.05) is 0 Å². The molecule has 0 spiro atoms. The lowest BCUT2D eigenvalue weighted by molar-refractivity contribution is -0.0901. The van der Waals surface area contributed by atoms with E-state index in [9.17, 15) is 0 Å². The normalized spacial score (nSPS) is 22.8. The summed E-state index contributed by atoms with van der Waals surface area (Å²) in [5.74, 6) is 0. The third-order valence-electron chi connectivity index (χ3n) is 1.58. The molecule has 0 aromatic carbocycles. The Balaban J connectivity index is 2.07. The third-order valence-corrected chi connectivity index (χ3v) is 1.58. The van der Waals surface area contributed by atoms with Gasteiger partial charge in [-0.05, 0) is 5.47 Å². The fourth-order valence-electron chi connectivity index (χ4n) is 0.931. The standard InChI is InChI=1S/C6H13BN2O4/c1-5-3-6(13-7(5)10)9-12-4-8-11-2/h6,8-10H,1,3-4H2,2H3. The first-order valence-corrected chi connectivity index (χ1v) is 3.88. The molecular weight excluding hydrogens is 175 g/mol. The van der Waals surface area contributed by atoms with Gasteiger partial charge >= 0.3 is 7.12 Å². The van der Waals surface area contributed by atoms with Crippen LogP contribution in [-0.2, 0) is 14.3 Å². The fourth-order valence-corrected chi connectivity index (χ4v) is 0.931. The highest BCUT2D eigenvalue weighted by atomic mass is 16.7. The Hall–Kier alpha value is -0.435. The van der Waals surface area contributed by atoms with Crippen LogP contribution in [0.5, 0.6) is 0 Å². The van der Waals surface area contributed by atoms with E-state index in [4.69, 9.17) is 14.5 Å². The van der Waals surface area contributed by atoms with Crippen LogP contribution in [0.3, 0.4) is 0 Å². The van der Waals surface area contributed by atoms with Crippen LogP contribution < -0.4 is 11.0 Å². The first-order valence-electron chi connectivity index (χ1n) is 3.88. The van der Waals surface area contributed by atoms with Gasteiger partial charge in [0.2, 0.25) is 0 Å². The van der Waals surface area contributed by atoms with Gasteiger partial charge in [0, 0.05) is 6.42 Å². The Morgan fingerprint density at radius 1 is 1.85 bits per heavy atom. The Bertz CT molecular complexity index is 180. The van der Waals surface area contributed by atoms with E-state index < -0.39 is 7.12 Å². The Morgan fingerprint density at radius 2 is 2.62 bits per heavy atom. The van der Waals surface area contributed by atoms with Gasteiger partial charge in [-0.2, -0.15) is 11.0 Å². The lowest BCUT2D eigenvalue weighted by Crippen LogP contribution is -2.33. The van der Waals surface area contributed by atoms with Crippen LogP contribution in [0.1, 0.15) is 6.42 Å². The van der Waals surface area contributed by atoms with Crippen LogP contribution in [0.25, 0.3) is 0 Å². The molecule has 1 aliphatic heterocycles. The summed E-state index contributed by atoms with van der Waals surface area (Å²) in [5, 5.41) is 9.11. The molecule has 7 heteroatoms. The van der Waals surface area contributed by atoms with E-state index in [0.29, 0.717) is 11.9 Å². The average molecular weight is 188 g/mol. The van der Waals surface area contributed by atoms with Gasteiger partial charge in [-0.1, -0.05) is 0 Å². The van der Waals surface area contributed by atoms with Crippen molar-refractivity contribution < 1.29 is 19.4 Å². The zero-order valence-electron chi connectivity index (χ0n) is 7.45. The number of rotatable bonds is 5. The largest absolute Gasteiger partial charge is 0.487 e. The Labute approximate surface area is 76.9 Å². The highest BCUT2D eigenvalue weighted by molar-refractivity contribution is 6.52. The molecule has 3 N–H and O–H groups in total. The van der Waals surface area contributed by atoms with Gasteiger partial charge in [-0.25, -0.2) is 0 Å². The van der Waals surface area contributed by atoms with Crippen LogP contribution in [0.15, 0.2) is 12.1 Å². The maximum atomic E-state index is 9.11. The minimum absolute atomic E-state index is 0.193. The van der Waals surface area contributed by atoms with Crippen molar-refractivity contribution in [3.8, 4) is 0 Å². The van der Waals surface area contributed by atoms with Gasteiger partial charge in [0.05, 0.1) is 7.11 Å². The van der Waals surface area contributed by atoms with Crippen molar-refractivity contribution in [1.29, 1.82) is 0 Å². The molecule has 0 aromatic rings. The van der Waals surface area contributed by atoms with Crippen LogP contribution in [0.2, 0.25) is 0 Å². The average Bonchev–Trinajstić information content (AvgIpc) is 2.41. The molecule has 0 aliphatic carbocycles. The maximum absolute atomic E-state index is 9.11. The van der Waals surface area contributed by atoms with E-state index in [0.717, 1.165) is 0 Å². The summed E-state index contributed by atoms with van der Waals surface area (Å²) in [6.07, 6.45) is 0.190. The lowest BCUT2D eigenvalue weighted by atomic mass is 9.81. The monoisotopic (exact) mass is 188 g/mol. The Kier molecular flexibility index (Phi) is 4.36. The quantitative estimate of drug-likeness (QED) is 0.221. The summed E-state index contributed by atoms with van der Waals surface area (Å²) in [5.41, 5.74) is 5.70. The molecule has 0 saturated carbocycles. The molecule has 1 saturated heterocycles. The summed E-state index contributed by atoms with van der Waals surface area (Å²) in [4.78, 5) is 9.42. The zero-order chi connectivity index (χ0) is 9.68. The van der Waals surface area contributed by atoms with Crippen molar-refractivity contribution in [2.75, 3.05) is 13.8 Å². The summed E-state index contributed by atoms with van der Waals surface area (Å²) in [6.45, 7) is 3.81. The van der Waals surface area contributed by atoms with Gasteiger partial charge in [0.25, 0.3) is 0 Å².